The molecule has 0 spiro atoms. The van der Waals surface area contributed by atoms with E-state index < -0.39 is 36.0 Å². The van der Waals surface area contributed by atoms with E-state index in [-0.39, 0.29) is 27.8 Å². The molecule has 0 fully saturated rings. The third kappa shape index (κ3) is 7.41. The van der Waals surface area contributed by atoms with Gasteiger partial charge in [-0.3, -0.25) is 4.79 Å². The molecule has 3 aromatic rings. The van der Waals surface area contributed by atoms with Crippen LogP contribution in [0.1, 0.15) is 17.3 Å². The van der Waals surface area contributed by atoms with Crippen LogP contribution in [0.4, 0.5) is 17.6 Å². The van der Waals surface area contributed by atoms with E-state index in [2.05, 4.69) is 10.1 Å². The molecule has 0 bridgehead atoms. The monoisotopic (exact) mass is 542 g/mol. The number of alkyl halides is 3. The van der Waals surface area contributed by atoms with Gasteiger partial charge >= 0.3 is 6.36 Å². The molecule has 0 aromatic heterocycles. The van der Waals surface area contributed by atoms with Gasteiger partial charge < -0.3 is 19.5 Å². The van der Waals surface area contributed by atoms with Gasteiger partial charge in [-0.2, -0.15) is 5.26 Å². The quantitative estimate of drug-likeness (QED) is 0.312. The number of nitrogens with zero attached hydrogens (tertiary/aromatic N) is 1. The summed E-state index contributed by atoms with van der Waals surface area (Å²) >= 11 is 12.0. The van der Waals surface area contributed by atoms with Crippen molar-refractivity contribution in [1.29, 1.82) is 5.26 Å². The first kappa shape index (κ1) is 26.9. The van der Waals surface area contributed by atoms with Crippen molar-refractivity contribution in [2.75, 3.05) is 6.61 Å². The van der Waals surface area contributed by atoms with Crippen molar-refractivity contribution in [3.63, 3.8) is 0 Å². The molecule has 36 heavy (non-hydrogen) atoms. The van der Waals surface area contributed by atoms with Crippen molar-refractivity contribution in [3.8, 4) is 29.1 Å². The van der Waals surface area contributed by atoms with E-state index >= 15 is 0 Å². The SMILES string of the molecule is CC(C#N)(COc1cc(F)ccc1Oc1ccc(Cl)cc1Cl)NC(=O)c1ccc(OC(F)(F)F)cc1. The number of rotatable bonds is 8. The van der Waals surface area contributed by atoms with Crippen molar-refractivity contribution < 1.29 is 36.6 Å². The van der Waals surface area contributed by atoms with Crippen LogP contribution in [0.5, 0.6) is 23.0 Å². The third-order valence-corrected chi connectivity index (χ3v) is 5.05. The summed E-state index contributed by atoms with van der Waals surface area (Å²) in [5.74, 6) is -1.71. The van der Waals surface area contributed by atoms with Crippen LogP contribution in [0, 0.1) is 17.1 Å². The molecule has 1 unspecified atom stereocenters. The van der Waals surface area contributed by atoms with Crippen LogP contribution in [0.25, 0.3) is 0 Å². The number of benzene rings is 3. The maximum absolute atomic E-state index is 13.9. The zero-order valence-electron chi connectivity index (χ0n) is 18.3. The fraction of sp³-hybridized carbons (Fsp3) is 0.167. The van der Waals surface area contributed by atoms with E-state index in [1.54, 1.807) is 0 Å². The third-order valence-electron chi connectivity index (χ3n) is 4.52. The molecule has 0 saturated carbocycles. The highest BCUT2D eigenvalue weighted by molar-refractivity contribution is 6.35. The van der Waals surface area contributed by atoms with E-state index in [0.717, 1.165) is 36.4 Å². The molecule has 0 aliphatic rings. The average molecular weight is 543 g/mol. The Balaban J connectivity index is 1.72. The first-order valence-electron chi connectivity index (χ1n) is 10.0. The highest BCUT2D eigenvalue weighted by atomic mass is 35.5. The maximum Gasteiger partial charge on any atom is 0.573 e. The van der Waals surface area contributed by atoms with Crippen LogP contribution in [0.2, 0.25) is 10.0 Å². The molecule has 12 heteroatoms. The van der Waals surface area contributed by atoms with E-state index in [9.17, 15) is 27.6 Å². The highest BCUT2D eigenvalue weighted by Gasteiger charge is 2.32. The second-order valence-electron chi connectivity index (χ2n) is 7.53. The topological polar surface area (TPSA) is 80.6 Å². The molecule has 1 amide bonds. The summed E-state index contributed by atoms with van der Waals surface area (Å²) in [5, 5.41) is 12.6. The lowest BCUT2D eigenvalue weighted by atomic mass is 10.0. The molecule has 0 heterocycles. The molecule has 0 radical (unpaired) electrons. The smallest absolute Gasteiger partial charge is 0.486 e. The summed E-state index contributed by atoms with van der Waals surface area (Å²) in [6, 6.07) is 14.0. The summed E-state index contributed by atoms with van der Waals surface area (Å²) in [6.45, 7) is 0.917. The lowest BCUT2D eigenvalue weighted by Crippen LogP contribution is -2.49. The Labute approximate surface area is 212 Å². The normalized spacial score (nSPS) is 12.7. The van der Waals surface area contributed by atoms with Gasteiger partial charge in [0.1, 0.15) is 23.9 Å². The Morgan fingerprint density at radius 1 is 1.00 bits per heavy atom. The Hall–Kier alpha value is -3.68. The Kier molecular flexibility index (Phi) is 8.17. The van der Waals surface area contributed by atoms with Gasteiger partial charge in [-0.15, -0.1) is 13.2 Å². The van der Waals surface area contributed by atoms with Crippen LogP contribution in [0.15, 0.2) is 60.7 Å². The molecular formula is C24H16Cl2F4N2O4. The number of amides is 1. The summed E-state index contributed by atoms with van der Waals surface area (Å²) < 4.78 is 65.9. The first-order chi connectivity index (χ1) is 16.9. The summed E-state index contributed by atoms with van der Waals surface area (Å²) in [5.41, 5.74) is -1.64. The Morgan fingerprint density at radius 2 is 1.67 bits per heavy atom. The minimum Gasteiger partial charge on any atom is -0.486 e. The zero-order valence-corrected chi connectivity index (χ0v) is 19.8. The van der Waals surface area contributed by atoms with Gasteiger partial charge in [0.2, 0.25) is 0 Å². The molecule has 0 aliphatic heterocycles. The minimum atomic E-state index is -4.88. The summed E-state index contributed by atoms with van der Waals surface area (Å²) in [7, 11) is 0. The summed E-state index contributed by atoms with van der Waals surface area (Å²) in [6.07, 6.45) is -4.88. The first-order valence-corrected chi connectivity index (χ1v) is 10.8. The van der Waals surface area contributed by atoms with Gasteiger partial charge in [0.15, 0.2) is 17.0 Å². The van der Waals surface area contributed by atoms with Crippen LogP contribution < -0.4 is 19.5 Å². The van der Waals surface area contributed by atoms with Crippen molar-refractivity contribution in [3.05, 3.63) is 82.1 Å². The highest BCUT2D eigenvalue weighted by Crippen LogP contribution is 2.37. The Morgan fingerprint density at radius 3 is 2.28 bits per heavy atom. The Bertz CT molecular complexity index is 1300. The van der Waals surface area contributed by atoms with Gasteiger partial charge in [-0.25, -0.2) is 4.39 Å². The van der Waals surface area contributed by atoms with Crippen molar-refractivity contribution in [1.82, 2.24) is 5.32 Å². The fourth-order valence-electron chi connectivity index (χ4n) is 2.80. The number of nitrogens with one attached hydrogen (secondary N) is 1. The number of carbonyl (C=O) groups excluding carboxylic acids is 1. The minimum absolute atomic E-state index is 0.0295. The van der Waals surface area contributed by atoms with Crippen LogP contribution in [-0.2, 0) is 0 Å². The van der Waals surface area contributed by atoms with Gasteiger partial charge in [-0.05, 0) is 61.5 Å². The number of halogens is 6. The molecule has 188 valence electrons. The van der Waals surface area contributed by atoms with Crippen molar-refractivity contribution in [2.45, 2.75) is 18.8 Å². The molecule has 1 N–H and O–H groups in total. The lowest BCUT2D eigenvalue weighted by molar-refractivity contribution is -0.274. The molecule has 0 aliphatic carbocycles. The van der Waals surface area contributed by atoms with Gasteiger partial charge in [0.25, 0.3) is 5.91 Å². The van der Waals surface area contributed by atoms with E-state index in [0.29, 0.717) is 5.02 Å². The second kappa shape index (κ2) is 10.9. The largest absolute Gasteiger partial charge is 0.573 e. The fourth-order valence-corrected chi connectivity index (χ4v) is 3.25. The number of ether oxygens (including phenoxy) is 3. The van der Waals surface area contributed by atoms with Crippen molar-refractivity contribution >= 4 is 29.1 Å². The molecule has 6 nitrogen and oxygen atoms in total. The van der Waals surface area contributed by atoms with E-state index in [1.807, 2.05) is 6.07 Å². The number of hydrogen-bond acceptors (Lipinski definition) is 5. The number of hydrogen-bond donors (Lipinski definition) is 1. The van der Waals surface area contributed by atoms with E-state index in [1.165, 1.54) is 31.2 Å². The maximum atomic E-state index is 13.9. The summed E-state index contributed by atoms with van der Waals surface area (Å²) in [4.78, 5) is 12.6. The standard InChI is InChI=1S/C24H16Cl2F4N2O4/c1-23(12-31,32-22(33)14-2-6-17(7-3-14)36-24(28,29)30)13-34-21-11-16(27)5-9-20(21)35-19-8-4-15(25)10-18(19)26/h2-11H,13H2,1H3,(H,32,33). The molecule has 3 rings (SSSR count). The average Bonchev–Trinajstić information content (AvgIpc) is 2.80. The van der Waals surface area contributed by atoms with Crippen molar-refractivity contribution in [2.24, 2.45) is 0 Å². The molecule has 0 saturated heterocycles. The predicted octanol–water partition coefficient (Wildman–Crippen LogP) is 6.91. The zero-order chi connectivity index (χ0) is 26.5. The van der Waals surface area contributed by atoms with E-state index in [4.69, 9.17) is 32.7 Å². The molecule has 1 atom stereocenters. The van der Waals surface area contributed by atoms with Gasteiger partial charge in [0.05, 0.1) is 11.1 Å². The number of carbonyl (C=O) groups is 1. The second-order valence-corrected chi connectivity index (χ2v) is 8.37. The lowest BCUT2D eigenvalue weighted by Gasteiger charge is -2.24. The van der Waals surface area contributed by atoms with Crippen LogP contribution in [-0.4, -0.2) is 24.4 Å². The van der Waals surface area contributed by atoms with Gasteiger partial charge in [0, 0.05) is 16.7 Å². The van der Waals surface area contributed by atoms with Crippen LogP contribution in [0.3, 0.4) is 0 Å². The van der Waals surface area contributed by atoms with Crippen LogP contribution >= 0.6 is 23.2 Å². The molecular weight excluding hydrogens is 527 g/mol. The number of nitriles is 1. The predicted molar refractivity (Wildman–Crippen MR) is 123 cm³/mol. The molecule has 3 aromatic carbocycles. The van der Waals surface area contributed by atoms with Gasteiger partial charge in [-0.1, -0.05) is 23.2 Å².